The van der Waals surface area contributed by atoms with Crippen molar-refractivity contribution in [1.29, 1.82) is 0 Å². The summed E-state index contributed by atoms with van der Waals surface area (Å²) in [5.41, 5.74) is 6.27. The van der Waals surface area contributed by atoms with Crippen LogP contribution < -0.4 is 37.6 Å². The van der Waals surface area contributed by atoms with Crippen LogP contribution in [0.3, 0.4) is 0 Å². The van der Waals surface area contributed by atoms with Gasteiger partial charge in [-0.25, -0.2) is 4.79 Å². The lowest BCUT2D eigenvalue weighted by Gasteiger charge is -2.39. The molecule has 4 amide bonds. The Hall–Kier alpha value is -3.95. The van der Waals surface area contributed by atoms with Gasteiger partial charge in [-0.05, 0) is 115 Å². The van der Waals surface area contributed by atoms with Gasteiger partial charge in [-0.1, -0.05) is 0 Å². The van der Waals surface area contributed by atoms with Crippen molar-refractivity contribution in [2.75, 3.05) is 19.6 Å². The number of phenolic OH excluding ortho intramolecular Hbond substituents is 2. The first kappa shape index (κ1) is 37.5. The molecule has 0 aromatic heterocycles. The van der Waals surface area contributed by atoms with Crippen LogP contribution in [0.2, 0.25) is 0 Å². The number of carboxylic acids is 1. The van der Waals surface area contributed by atoms with Gasteiger partial charge in [0.25, 0.3) is 0 Å². The Bertz CT molecular complexity index is 1280. The molecule has 1 fully saturated rings. The normalized spacial score (nSPS) is 20.3. The quantitative estimate of drug-likeness (QED) is 0.0759. The van der Waals surface area contributed by atoms with Gasteiger partial charge in [-0.2, -0.15) is 0 Å². The first-order chi connectivity index (χ1) is 22.2. The Balaban J connectivity index is 1.47. The molecule has 5 atom stereocenters. The van der Waals surface area contributed by atoms with Crippen molar-refractivity contribution in [3.8, 4) is 11.5 Å². The van der Waals surface area contributed by atoms with Crippen LogP contribution in [0.1, 0.15) is 83.3 Å². The third kappa shape index (κ3) is 10.8. The first-order valence-electron chi connectivity index (χ1n) is 16.4. The summed E-state index contributed by atoms with van der Waals surface area (Å²) in [6.45, 7) is 6.64. The average Bonchev–Trinajstić information content (AvgIpc) is 3.55. The molecule has 0 saturated carbocycles. The van der Waals surface area contributed by atoms with Gasteiger partial charge in [-0.15, -0.1) is 0 Å². The van der Waals surface area contributed by atoms with Crippen molar-refractivity contribution in [2.24, 2.45) is 5.73 Å². The molecule has 15 nitrogen and oxygen atoms in total. The van der Waals surface area contributed by atoms with Crippen molar-refractivity contribution in [3.05, 3.63) is 23.3 Å². The van der Waals surface area contributed by atoms with Gasteiger partial charge < -0.3 is 47.6 Å². The topological polar surface area (TPSA) is 244 Å². The molecule has 15 heteroatoms. The molecule has 0 spiro atoms. The minimum absolute atomic E-state index is 0.127. The number of carboxylic acid groups (broad SMARTS) is 1. The molecule has 262 valence electrons. The minimum Gasteiger partial charge on any atom is -0.504 e. The maximum absolute atomic E-state index is 13.1. The summed E-state index contributed by atoms with van der Waals surface area (Å²) in [6, 6.07) is -1.03. The van der Waals surface area contributed by atoms with E-state index < -0.39 is 47.5 Å². The Morgan fingerprint density at radius 2 is 1.57 bits per heavy atom. The summed E-state index contributed by atoms with van der Waals surface area (Å²) in [5, 5.41) is 46.7. The fourth-order valence-electron chi connectivity index (χ4n) is 6.00. The largest absolute Gasteiger partial charge is 0.504 e. The molecule has 0 bridgehead atoms. The number of aliphatic carboxylic acids is 1. The second-order valence-electron chi connectivity index (χ2n) is 12.9. The maximum Gasteiger partial charge on any atom is 0.326 e. The minimum atomic E-state index is -1.19. The van der Waals surface area contributed by atoms with E-state index in [9.17, 15) is 39.3 Å². The third-order valence-corrected chi connectivity index (χ3v) is 8.69. The number of rotatable bonds is 17. The van der Waals surface area contributed by atoms with Crippen LogP contribution in [0.5, 0.6) is 11.5 Å². The third-order valence-electron chi connectivity index (χ3n) is 8.69. The van der Waals surface area contributed by atoms with Crippen LogP contribution in [-0.4, -0.2) is 94.8 Å². The first-order valence-corrected chi connectivity index (χ1v) is 16.4. The summed E-state index contributed by atoms with van der Waals surface area (Å²) >= 11 is 0. The van der Waals surface area contributed by atoms with Crippen LogP contribution in [-0.2, 0) is 35.9 Å². The van der Waals surface area contributed by atoms with E-state index in [1.807, 2.05) is 13.8 Å². The molecular weight excluding hydrogens is 610 g/mol. The second kappa shape index (κ2) is 17.3. The van der Waals surface area contributed by atoms with Crippen molar-refractivity contribution < 1.29 is 39.3 Å². The van der Waals surface area contributed by atoms with Gasteiger partial charge >= 0.3 is 5.97 Å². The molecule has 0 aliphatic carbocycles. The number of nitrogens with two attached hydrogens (primary N) is 1. The molecule has 0 radical (unpaired) electrons. The number of fused-ring (bicyclic) bond motifs is 1. The number of hydrogen-bond donors (Lipinski definition) is 10. The molecule has 1 aromatic carbocycles. The predicted molar refractivity (Wildman–Crippen MR) is 173 cm³/mol. The van der Waals surface area contributed by atoms with Gasteiger partial charge in [0, 0.05) is 12.1 Å². The maximum atomic E-state index is 13.1. The van der Waals surface area contributed by atoms with Gasteiger partial charge in [0.1, 0.15) is 18.1 Å². The Morgan fingerprint density at radius 1 is 0.915 bits per heavy atom. The highest BCUT2D eigenvalue weighted by atomic mass is 16.4. The number of carbonyl (C=O) groups is 5. The van der Waals surface area contributed by atoms with Gasteiger partial charge in [0.05, 0.1) is 12.1 Å². The summed E-state index contributed by atoms with van der Waals surface area (Å²) in [7, 11) is 0. The molecule has 2 aliphatic heterocycles. The zero-order chi connectivity index (χ0) is 34.7. The number of carbonyl (C=O) groups excluding carboxylic acids is 4. The Kier molecular flexibility index (Phi) is 13.8. The molecule has 1 aromatic rings. The standard InChI is InChI=1S/C32H51N7O8/c1-18(36-29(44)21-11-8-14-34-21)27(42)37-22(9-4-6-12-33)28(43)35-13-7-5-10-23(31(46)47)38-30(45)24-15-19-16-25(40)26(41)17-20(19)32(2,3)39-24/h16-18,21-24,34,39-41H,4-15,33H2,1-3H3,(H,35,43)(H,36,44)(H,37,42)(H,38,45)(H,46,47)/t18-,21-,22-,23-,24-/m0/s1. The monoisotopic (exact) mass is 661 g/mol. The lowest BCUT2D eigenvalue weighted by atomic mass is 9.81. The van der Waals surface area contributed by atoms with Gasteiger partial charge in [-0.3, -0.25) is 24.5 Å². The molecule has 11 N–H and O–H groups in total. The van der Waals surface area contributed by atoms with E-state index in [0.29, 0.717) is 50.6 Å². The van der Waals surface area contributed by atoms with E-state index in [1.54, 1.807) is 6.92 Å². The van der Waals surface area contributed by atoms with Gasteiger partial charge in [0.15, 0.2) is 11.5 Å². The summed E-state index contributed by atoms with van der Waals surface area (Å²) < 4.78 is 0. The summed E-state index contributed by atoms with van der Waals surface area (Å²) in [4.78, 5) is 63.3. The second-order valence-corrected chi connectivity index (χ2v) is 12.9. The average molecular weight is 662 g/mol. The number of hydrogen-bond acceptors (Lipinski definition) is 10. The van der Waals surface area contributed by atoms with Crippen molar-refractivity contribution in [2.45, 2.75) is 114 Å². The SMILES string of the molecule is C[C@H](NC(=O)[C@@H]1CCCN1)C(=O)N[C@@H](CCCCN)C(=O)NCCCC[C@H](NC(=O)[C@@H]1Cc2cc(O)c(O)cc2C(C)(C)N1)C(=O)O. The van der Waals surface area contributed by atoms with Crippen molar-refractivity contribution in [3.63, 3.8) is 0 Å². The van der Waals surface area contributed by atoms with E-state index in [-0.39, 0.29) is 48.7 Å². The highest BCUT2D eigenvalue weighted by Crippen LogP contribution is 2.37. The fraction of sp³-hybridized carbons (Fsp3) is 0.656. The Morgan fingerprint density at radius 3 is 2.23 bits per heavy atom. The zero-order valence-electron chi connectivity index (χ0n) is 27.5. The van der Waals surface area contributed by atoms with Gasteiger partial charge in [0.2, 0.25) is 23.6 Å². The molecule has 1 saturated heterocycles. The number of unbranched alkanes of at least 4 members (excludes halogenated alkanes) is 2. The molecule has 3 rings (SSSR count). The zero-order valence-corrected chi connectivity index (χ0v) is 27.5. The van der Waals surface area contributed by atoms with E-state index in [4.69, 9.17) is 5.73 Å². The highest BCUT2D eigenvalue weighted by Gasteiger charge is 2.37. The van der Waals surface area contributed by atoms with Crippen molar-refractivity contribution >= 4 is 29.6 Å². The van der Waals surface area contributed by atoms with Crippen LogP contribution >= 0.6 is 0 Å². The Labute approximate surface area is 275 Å². The molecule has 2 aliphatic rings. The number of aromatic hydroxyl groups is 2. The fourth-order valence-corrected chi connectivity index (χ4v) is 6.00. The summed E-state index contributed by atoms with van der Waals surface area (Å²) in [6.07, 6.45) is 4.39. The number of benzene rings is 1. The predicted octanol–water partition coefficient (Wildman–Crippen LogP) is -0.426. The molecular formula is C32H51N7O8. The van der Waals surface area contributed by atoms with E-state index in [1.165, 1.54) is 12.1 Å². The lowest BCUT2D eigenvalue weighted by Crippen LogP contribution is -2.57. The van der Waals surface area contributed by atoms with E-state index >= 15 is 0 Å². The van der Waals surface area contributed by atoms with E-state index in [0.717, 1.165) is 18.5 Å². The number of amides is 4. The summed E-state index contributed by atoms with van der Waals surface area (Å²) in [5.74, 6) is -3.36. The van der Waals surface area contributed by atoms with Crippen LogP contribution in [0, 0.1) is 0 Å². The molecule has 47 heavy (non-hydrogen) atoms. The van der Waals surface area contributed by atoms with Crippen molar-refractivity contribution in [1.82, 2.24) is 31.9 Å². The number of phenols is 2. The molecule has 0 unspecified atom stereocenters. The van der Waals surface area contributed by atoms with Crippen LogP contribution in [0.15, 0.2) is 12.1 Å². The highest BCUT2D eigenvalue weighted by molar-refractivity contribution is 5.93. The smallest absolute Gasteiger partial charge is 0.326 e. The van der Waals surface area contributed by atoms with E-state index in [2.05, 4.69) is 31.9 Å². The lowest BCUT2D eigenvalue weighted by molar-refractivity contribution is -0.142. The van der Waals surface area contributed by atoms with Crippen LogP contribution in [0.4, 0.5) is 0 Å². The van der Waals surface area contributed by atoms with Crippen LogP contribution in [0.25, 0.3) is 0 Å². The number of nitrogens with one attached hydrogen (secondary N) is 6. The molecule has 2 heterocycles.